The van der Waals surface area contributed by atoms with Gasteiger partial charge in [-0.1, -0.05) is 0 Å². The third-order valence-corrected chi connectivity index (χ3v) is 4.89. The summed E-state index contributed by atoms with van der Waals surface area (Å²) in [7, 11) is 0. The number of nitrogens with zero attached hydrogens (tertiary/aromatic N) is 6. The van der Waals surface area contributed by atoms with Gasteiger partial charge in [-0.25, -0.2) is 4.68 Å². The van der Waals surface area contributed by atoms with Crippen LogP contribution in [0.2, 0.25) is 0 Å². The predicted molar refractivity (Wildman–Crippen MR) is 99.8 cm³/mol. The fourth-order valence-corrected chi connectivity index (χ4v) is 3.36. The van der Waals surface area contributed by atoms with Gasteiger partial charge in [0.1, 0.15) is 0 Å². The van der Waals surface area contributed by atoms with Gasteiger partial charge in [0.2, 0.25) is 6.79 Å². The first-order chi connectivity index (χ1) is 13.8. The van der Waals surface area contributed by atoms with Crippen molar-refractivity contribution in [3.63, 3.8) is 0 Å². The molecule has 0 spiro atoms. The highest BCUT2D eigenvalue weighted by Gasteiger charge is 2.24. The molecule has 0 atom stereocenters. The number of ether oxygens (including phenoxy) is 2. The lowest BCUT2D eigenvalue weighted by Gasteiger charge is -2.35. The van der Waals surface area contributed by atoms with Crippen LogP contribution in [0.4, 0.5) is 5.82 Å². The van der Waals surface area contributed by atoms with Gasteiger partial charge in [-0.15, -0.1) is 10.2 Å². The summed E-state index contributed by atoms with van der Waals surface area (Å²) in [5.74, 6) is 2.77. The Morgan fingerprint density at radius 3 is 2.46 bits per heavy atom. The summed E-state index contributed by atoms with van der Waals surface area (Å²) in [6.45, 7) is 2.84. The van der Waals surface area contributed by atoms with Gasteiger partial charge < -0.3 is 19.3 Å². The van der Waals surface area contributed by atoms with Crippen molar-refractivity contribution in [3.05, 3.63) is 54.4 Å². The minimum Gasteiger partial charge on any atom is -0.454 e. The second kappa shape index (κ2) is 6.84. The molecule has 4 heterocycles. The first kappa shape index (κ1) is 16.5. The molecule has 9 nitrogen and oxygen atoms in total. The monoisotopic (exact) mass is 378 g/mol. The summed E-state index contributed by atoms with van der Waals surface area (Å²) in [5, 5.41) is 12.7. The van der Waals surface area contributed by atoms with Crippen LogP contribution in [0, 0.1) is 0 Å². The van der Waals surface area contributed by atoms with Crippen LogP contribution in [0.15, 0.2) is 48.8 Å². The molecule has 5 rings (SSSR count). The molecular weight excluding hydrogens is 360 g/mol. The van der Waals surface area contributed by atoms with Crippen LogP contribution >= 0.6 is 0 Å². The van der Waals surface area contributed by atoms with Crippen molar-refractivity contribution in [1.82, 2.24) is 24.9 Å². The maximum atomic E-state index is 12.8. The molecule has 0 aliphatic carbocycles. The van der Waals surface area contributed by atoms with Crippen molar-refractivity contribution >= 4 is 11.7 Å². The number of carbonyl (C=O) groups is 1. The summed E-state index contributed by atoms with van der Waals surface area (Å²) in [5.41, 5.74) is 0.612. The first-order valence-corrected chi connectivity index (χ1v) is 9.05. The Labute approximate surface area is 161 Å². The van der Waals surface area contributed by atoms with Crippen molar-refractivity contribution < 1.29 is 14.3 Å². The van der Waals surface area contributed by atoms with Crippen LogP contribution in [-0.2, 0) is 0 Å². The largest absolute Gasteiger partial charge is 0.454 e. The molecule has 9 heteroatoms. The predicted octanol–water partition coefficient (Wildman–Crippen LogP) is 1.35. The Hall–Kier alpha value is -3.62. The SMILES string of the molecule is O=C(c1ccc2c(c1)OCO2)N1CCN(c2ccc(-n3cccn3)nn2)CC1. The quantitative estimate of drug-likeness (QED) is 0.680. The first-order valence-electron chi connectivity index (χ1n) is 9.05. The molecule has 3 aromatic rings. The maximum Gasteiger partial charge on any atom is 0.254 e. The number of fused-ring (bicyclic) bond motifs is 1. The molecule has 2 aliphatic heterocycles. The summed E-state index contributed by atoms with van der Waals surface area (Å²) < 4.78 is 12.3. The van der Waals surface area contributed by atoms with E-state index in [-0.39, 0.29) is 12.7 Å². The zero-order chi connectivity index (χ0) is 18.9. The van der Waals surface area contributed by atoms with Gasteiger partial charge >= 0.3 is 0 Å². The Morgan fingerprint density at radius 2 is 1.71 bits per heavy atom. The Balaban J connectivity index is 1.23. The van der Waals surface area contributed by atoms with Crippen molar-refractivity contribution in [2.75, 3.05) is 37.9 Å². The van der Waals surface area contributed by atoms with E-state index in [0.29, 0.717) is 49.1 Å². The lowest BCUT2D eigenvalue weighted by atomic mass is 10.1. The molecule has 28 heavy (non-hydrogen) atoms. The number of hydrogen-bond donors (Lipinski definition) is 0. The van der Waals surface area contributed by atoms with E-state index in [1.807, 2.05) is 29.3 Å². The fraction of sp³-hybridized carbons (Fsp3) is 0.263. The van der Waals surface area contributed by atoms with E-state index in [2.05, 4.69) is 20.2 Å². The molecule has 0 bridgehead atoms. The number of aromatic nitrogens is 4. The normalized spacial score (nSPS) is 15.7. The minimum absolute atomic E-state index is 0.00179. The van der Waals surface area contributed by atoms with Crippen molar-refractivity contribution in [1.29, 1.82) is 0 Å². The van der Waals surface area contributed by atoms with Gasteiger partial charge in [-0.3, -0.25) is 4.79 Å². The Morgan fingerprint density at radius 1 is 0.929 bits per heavy atom. The van der Waals surface area contributed by atoms with Crippen LogP contribution in [0.1, 0.15) is 10.4 Å². The van der Waals surface area contributed by atoms with Crippen LogP contribution in [0.25, 0.3) is 5.82 Å². The van der Waals surface area contributed by atoms with Gasteiger partial charge in [0.25, 0.3) is 5.91 Å². The number of anilines is 1. The molecule has 0 unspecified atom stereocenters. The zero-order valence-electron chi connectivity index (χ0n) is 15.1. The van der Waals surface area contributed by atoms with Crippen LogP contribution in [0.3, 0.4) is 0 Å². The van der Waals surface area contributed by atoms with Crippen molar-refractivity contribution in [3.8, 4) is 17.3 Å². The van der Waals surface area contributed by atoms with E-state index in [1.165, 1.54) is 0 Å². The molecule has 0 N–H and O–H groups in total. The summed E-state index contributed by atoms with van der Waals surface area (Å²) >= 11 is 0. The molecular formula is C19H18N6O3. The highest BCUT2D eigenvalue weighted by molar-refractivity contribution is 5.95. The van der Waals surface area contributed by atoms with Crippen LogP contribution in [-0.4, -0.2) is 63.8 Å². The van der Waals surface area contributed by atoms with Gasteiger partial charge in [-0.05, 0) is 36.4 Å². The van der Waals surface area contributed by atoms with E-state index in [1.54, 1.807) is 29.1 Å². The average molecular weight is 378 g/mol. The summed E-state index contributed by atoms with van der Waals surface area (Å²) in [6, 6.07) is 11.0. The molecule has 0 radical (unpaired) electrons. The number of piperazine rings is 1. The van der Waals surface area contributed by atoms with Gasteiger partial charge in [0.15, 0.2) is 23.1 Å². The van der Waals surface area contributed by atoms with Crippen molar-refractivity contribution in [2.45, 2.75) is 0 Å². The summed E-state index contributed by atoms with van der Waals surface area (Å²) in [4.78, 5) is 16.8. The average Bonchev–Trinajstić information content (AvgIpc) is 3.45. The number of rotatable bonds is 3. The number of benzene rings is 1. The smallest absolute Gasteiger partial charge is 0.254 e. The molecule has 142 valence electrons. The molecule has 1 saturated heterocycles. The van der Waals surface area contributed by atoms with Gasteiger partial charge in [-0.2, -0.15) is 5.10 Å². The second-order valence-electron chi connectivity index (χ2n) is 6.55. The molecule has 1 aromatic carbocycles. The number of carbonyl (C=O) groups excluding carboxylic acids is 1. The summed E-state index contributed by atoms with van der Waals surface area (Å²) in [6.07, 6.45) is 3.52. The van der Waals surface area contributed by atoms with Gasteiger partial charge in [0, 0.05) is 44.1 Å². The molecule has 1 amide bonds. The molecule has 0 saturated carbocycles. The molecule has 1 fully saturated rings. The highest BCUT2D eigenvalue weighted by atomic mass is 16.7. The second-order valence-corrected chi connectivity index (χ2v) is 6.55. The fourth-order valence-electron chi connectivity index (χ4n) is 3.36. The zero-order valence-corrected chi connectivity index (χ0v) is 15.1. The van der Waals surface area contributed by atoms with Crippen molar-refractivity contribution in [2.24, 2.45) is 0 Å². The van der Waals surface area contributed by atoms with Crippen LogP contribution in [0.5, 0.6) is 11.5 Å². The topological polar surface area (TPSA) is 85.6 Å². The van der Waals surface area contributed by atoms with E-state index in [4.69, 9.17) is 9.47 Å². The Kier molecular flexibility index (Phi) is 4.04. The van der Waals surface area contributed by atoms with E-state index in [9.17, 15) is 4.79 Å². The third kappa shape index (κ3) is 3.00. The van der Waals surface area contributed by atoms with E-state index < -0.39 is 0 Å². The minimum atomic E-state index is -0.00179. The lowest BCUT2D eigenvalue weighted by molar-refractivity contribution is 0.0746. The molecule has 2 aromatic heterocycles. The third-order valence-electron chi connectivity index (χ3n) is 4.89. The van der Waals surface area contributed by atoms with E-state index >= 15 is 0 Å². The van der Waals surface area contributed by atoms with E-state index in [0.717, 1.165) is 5.82 Å². The number of hydrogen-bond acceptors (Lipinski definition) is 7. The van der Waals surface area contributed by atoms with Gasteiger partial charge in [0.05, 0.1) is 0 Å². The number of amides is 1. The Bertz CT molecular complexity index is 981. The maximum absolute atomic E-state index is 12.8. The van der Waals surface area contributed by atoms with Crippen LogP contribution < -0.4 is 14.4 Å². The molecule has 2 aliphatic rings. The highest BCUT2D eigenvalue weighted by Crippen LogP contribution is 2.32. The standard InChI is InChI=1S/C19H18N6O3/c26-19(14-2-3-15-16(12-14)28-13-27-15)24-10-8-23(9-11-24)17-4-5-18(22-21-17)25-7-1-6-20-25/h1-7,12H,8-11,13H2. The lowest BCUT2D eigenvalue weighted by Crippen LogP contribution is -2.49.